The fraction of sp³-hybridized carbons (Fsp3) is 0.844. The molecule has 2 heterocycles. The Kier molecular flexibility index (Phi) is 14.0. The number of carbonyl (C=O) groups is 3. The van der Waals surface area contributed by atoms with Gasteiger partial charge in [-0.1, -0.05) is 27.4 Å². The molecule has 0 aromatic heterocycles. The Morgan fingerprint density at radius 1 is 1.18 bits per heavy atom. The van der Waals surface area contributed by atoms with Gasteiger partial charge in [-0.05, 0) is 60.9 Å². The number of hydrogen-bond donors (Lipinski definition) is 5. The smallest absolute Gasteiger partial charge is 0.330 e. The second-order valence-corrected chi connectivity index (χ2v) is 13.2. The average molecular weight is 645 g/mol. The van der Waals surface area contributed by atoms with E-state index in [0.717, 1.165) is 6.08 Å². The molecule has 260 valence electrons. The van der Waals surface area contributed by atoms with E-state index < -0.39 is 89.7 Å². The molecule has 0 unspecified atom stereocenters. The second kappa shape index (κ2) is 16.1. The van der Waals surface area contributed by atoms with Crippen molar-refractivity contribution in [2.24, 2.45) is 17.8 Å². The van der Waals surface area contributed by atoms with Gasteiger partial charge in [0.1, 0.15) is 30.0 Å². The highest BCUT2D eigenvalue weighted by molar-refractivity contribution is 5.82. The summed E-state index contributed by atoms with van der Waals surface area (Å²) in [6.07, 6.45) is -5.63. The van der Waals surface area contributed by atoms with E-state index in [2.05, 4.69) is 17.2 Å². The van der Waals surface area contributed by atoms with Gasteiger partial charge >= 0.3 is 11.9 Å². The number of esters is 2. The van der Waals surface area contributed by atoms with Crippen LogP contribution >= 0.6 is 0 Å². The number of aliphatic hydroxyl groups is 3. The predicted molar refractivity (Wildman–Crippen MR) is 165 cm³/mol. The predicted octanol–water partition coefficient (Wildman–Crippen LogP) is 1.21. The van der Waals surface area contributed by atoms with Crippen LogP contribution in [0.3, 0.4) is 0 Å². The molecule has 45 heavy (non-hydrogen) atoms. The van der Waals surface area contributed by atoms with Gasteiger partial charge in [0.05, 0.1) is 29.8 Å². The van der Waals surface area contributed by atoms with Crippen molar-refractivity contribution in [1.29, 1.82) is 0 Å². The zero-order valence-corrected chi connectivity index (χ0v) is 28.4. The summed E-state index contributed by atoms with van der Waals surface area (Å²) in [5, 5.41) is 39.5. The Hall–Kier alpha value is -2.13. The lowest BCUT2D eigenvalue weighted by Crippen LogP contribution is -2.60. The van der Waals surface area contributed by atoms with Gasteiger partial charge in [0.2, 0.25) is 5.91 Å². The number of ether oxygens (including phenoxy) is 5. The molecule has 2 aliphatic rings. The first-order valence-corrected chi connectivity index (χ1v) is 15.8. The number of nitrogens with one attached hydrogen (secondary N) is 2. The minimum absolute atomic E-state index is 0.0793. The number of amides is 1. The van der Waals surface area contributed by atoms with Gasteiger partial charge in [0.25, 0.3) is 0 Å². The molecule has 2 fully saturated rings. The third-order valence-electron chi connectivity index (χ3n) is 9.52. The summed E-state index contributed by atoms with van der Waals surface area (Å²) >= 11 is 0. The summed E-state index contributed by atoms with van der Waals surface area (Å²) in [4.78, 5) is 39.8. The molecule has 0 bridgehead atoms. The fourth-order valence-electron chi connectivity index (χ4n) is 6.60. The molecule has 0 aromatic rings. The van der Waals surface area contributed by atoms with Gasteiger partial charge in [0, 0.05) is 31.1 Å². The Balaban J connectivity index is 2.74. The van der Waals surface area contributed by atoms with Crippen LogP contribution in [0.25, 0.3) is 0 Å². The number of likely N-dealkylation sites (N-methyl/N-ethyl adjacent to an activating group) is 1. The van der Waals surface area contributed by atoms with Gasteiger partial charge in [-0.2, -0.15) is 0 Å². The number of carbonyl (C=O) groups excluding carboxylic acids is 3. The van der Waals surface area contributed by atoms with Crippen LogP contribution in [0.2, 0.25) is 0 Å². The number of hydrogen-bond acceptors (Lipinski definition) is 12. The number of rotatable bonds is 7. The molecule has 0 aliphatic carbocycles. The minimum atomic E-state index is -1.94. The highest BCUT2D eigenvalue weighted by Crippen LogP contribution is 2.38. The molecule has 1 amide bonds. The standard InChI is InChI=1S/C32H56N2O11/c1-12-22-32(9,40)26(37)20(7)34-28(38)16(3)15-31(8,41-11)27(45-30-24(36)21(33-10)14-17(4)42-30)18(5)25(44-23(35)13-2)19(6)29(39)43-22/h13,16-22,24-27,30,33,36-37,40H,2,12,14-15H2,1,3-11H3,(H,34,38)/t16-,17-,18+,19-,20-,21+,22-,24+,25+,26-,27-,30+,31-,32-/m1/s1. The number of methoxy groups -OCH3 is 1. The zero-order chi connectivity index (χ0) is 34.4. The molecule has 5 N–H and O–H groups in total. The number of cyclic esters (lactones) is 1. The van der Waals surface area contributed by atoms with Gasteiger partial charge < -0.3 is 49.6 Å². The van der Waals surface area contributed by atoms with Crippen LogP contribution in [0.15, 0.2) is 12.7 Å². The molecule has 2 rings (SSSR count). The largest absolute Gasteiger partial charge is 0.459 e. The van der Waals surface area contributed by atoms with Crippen LogP contribution in [0.1, 0.15) is 74.7 Å². The lowest BCUT2D eigenvalue weighted by atomic mass is 9.77. The van der Waals surface area contributed by atoms with Crippen molar-refractivity contribution in [2.75, 3.05) is 14.2 Å². The molecule has 14 atom stereocenters. The van der Waals surface area contributed by atoms with E-state index in [-0.39, 0.29) is 25.0 Å². The highest BCUT2D eigenvalue weighted by Gasteiger charge is 2.51. The van der Waals surface area contributed by atoms with E-state index >= 15 is 0 Å². The van der Waals surface area contributed by atoms with Crippen molar-refractivity contribution in [3.05, 3.63) is 12.7 Å². The molecule has 2 aliphatic heterocycles. The molecular formula is C32H56N2O11. The summed E-state index contributed by atoms with van der Waals surface area (Å²) in [5.74, 6) is -4.62. The number of aliphatic hydroxyl groups excluding tert-OH is 2. The average Bonchev–Trinajstić information content (AvgIpc) is 3.00. The maximum atomic E-state index is 13.7. The fourth-order valence-corrected chi connectivity index (χ4v) is 6.60. The Morgan fingerprint density at radius 2 is 1.80 bits per heavy atom. The molecule has 0 saturated carbocycles. The third-order valence-corrected chi connectivity index (χ3v) is 9.52. The molecule has 2 saturated heterocycles. The van der Waals surface area contributed by atoms with E-state index in [1.54, 1.807) is 41.7 Å². The van der Waals surface area contributed by atoms with Crippen molar-refractivity contribution >= 4 is 17.8 Å². The molecule has 0 spiro atoms. The van der Waals surface area contributed by atoms with Crippen LogP contribution in [0, 0.1) is 17.8 Å². The van der Waals surface area contributed by atoms with Crippen molar-refractivity contribution in [3.8, 4) is 0 Å². The van der Waals surface area contributed by atoms with Crippen LogP contribution in [-0.2, 0) is 38.1 Å². The minimum Gasteiger partial charge on any atom is -0.459 e. The van der Waals surface area contributed by atoms with E-state index in [1.807, 2.05) is 6.92 Å². The van der Waals surface area contributed by atoms with Crippen molar-refractivity contribution < 1.29 is 53.4 Å². The van der Waals surface area contributed by atoms with Crippen molar-refractivity contribution in [3.63, 3.8) is 0 Å². The maximum absolute atomic E-state index is 13.7. The van der Waals surface area contributed by atoms with E-state index in [0.29, 0.717) is 6.42 Å². The van der Waals surface area contributed by atoms with Crippen LogP contribution in [0.5, 0.6) is 0 Å². The topological polar surface area (TPSA) is 182 Å². The van der Waals surface area contributed by atoms with Gasteiger partial charge in [-0.3, -0.25) is 9.59 Å². The van der Waals surface area contributed by atoms with E-state index in [1.165, 1.54) is 21.0 Å². The van der Waals surface area contributed by atoms with Crippen molar-refractivity contribution in [2.45, 2.75) is 141 Å². The Morgan fingerprint density at radius 3 is 2.33 bits per heavy atom. The van der Waals surface area contributed by atoms with E-state index in [4.69, 9.17) is 23.7 Å². The van der Waals surface area contributed by atoms with E-state index in [9.17, 15) is 29.7 Å². The zero-order valence-electron chi connectivity index (χ0n) is 28.4. The van der Waals surface area contributed by atoms with Crippen LogP contribution < -0.4 is 10.6 Å². The normalized spacial score (nSPS) is 44.1. The lowest BCUT2D eigenvalue weighted by Gasteiger charge is -2.47. The first-order chi connectivity index (χ1) is 20.9. The van der Waals surface area contributed by atoms with Gasteiger partial charge in [0.15, 0.2) is 6.29 Å². The van der Waals surface area contributed by atoms with Crippen LogP contribution in [0.4, 0.5) is 0 Å². The molecule has 13 nitrogen and oxygen atoms in total. The molecule has 13 heteroatoms. The summed E-state index contributed by atoms with van der Waals surface area (Å²) in [6.45, 7) is 16.6. The highest BCUT2D eigenvalue weighted by atomic mass is 16.7. The second-order valence-electron chi connectivity index (χ2n) is 13.2. The van der Waals surface area contributed by atoms with Crippen molar-refractivity contribution in [1.82, 2.24) is 10.6 Å². The molecule has 0 aromatic carbocycles. The summed E-state index contributed by atoms with van der Waals surface area (Å²) in [7, 11) is 3.18. The van der Waals surface area contributed by atoms with Crippen LogP contribution in [-0.4, -0.2) is 114 Å². The first kappa shape index (κ1) is 39.1. The molecular weight excluding hydrogens is 588 g/mol. The summed E-state index contributed by atoms with van der Waals surface area (Å²) < 4.78 is 30.2. The third kappa shape index (κ3) is 9.03. The maximum Gasteiger partial charge on any atom is 0.330 e. The Labute approximate surface area is 267 Å². The first-order valence-electron chi connectivity index (χ1n) is 15.8. The molecule has 0 radical (unpaired) electrons. The quantitative estimate of drug-likeness (QED) is 0.198. The van der Waals surface area contributed by atoms with Gasteiger partial charge in [-0.15, -0.1) is 0 Å². The monoisotopic (exact) mass is 644 g/mol. The SMILES string of the molecule is C=CC(=O)O[C@H]1[C@H](C)[C@@H](O[C@@H]2O[C@H](C)C[C@H](NC)[C@@H]2O)[C@](C)(OC)C[C@@H](C)C(=O)N[C@H](C)[C@@H](O)[C@](C)(O)[C@@H](CC)OC(=O)[C@@H]1C. The summed E-state index contributed by atoms with van der Waals surface area (Å²) in [6, 6.07) is -1.26. The Bertz CT molecular complexity index is 1030. The lowest BCUT2D eigenvalue weighted by molar-refractivity contribution is -0.296. The summed E-state index contributed by atoms with van der Waals surface area (Å²) in [5.41, 5.74) is -3.21. The van der Waals surface area contributed by atoms with Gasteiger partial charge in [-0.25, -0.2) is 4.79 Å².